The van der Waals surface area contributed by atoms with Crippen molar-refractivity contribution in [3.63, 3.8) is 0 Å². The molecule has 9 heteroatoms. The van der Waals surface area contributed by atoms with Crippen LogP contribution in [0.1, 0.15) is 35.1 Å². The van der Waals surface area contributed by atoms with Crippen LogP contribution < -0.4 is 10.2 Å². The highest BCUT2D eigenvalue weighted by atomic mass is 32.1. The normalized spacial score (nSPS) is 17.3. The Morgan fingerprint density at radius 3 is 2.70 bits per heavy atom. The van der Waals surface area contributed by atoms with Crippen LogP contribution in [0.4, 0.5) is 29.3 Å². The quantitative estimate of drug-likeness (QED) is 0.800. The van der Waals surface area contributed by atoms with Crippen LogP contribution in [0.2, 0.25) is 0 Å². The molecule has 1 atom stereocenters. The molecule has 0 unspecified atom stereocenters. The molecule has 0 bridgehead atoms. The maximum absolute atomic E-state index is 13.1. The summed E-state index contributed by atoms with van der Waals surface area (Å²) in [4.78, 5) is 20.6. The highest BCUT2D eigenvalue weighted by Crippen LogP contribution is 2.37. The summed E-state index contributed by atoms with van der Waals surface area (Å²) >= 11 is 1.52. The molecule has 1 saturated heterocycles. The van der Waals surface area contributed by atoms with Crippen molar-refractivity contribution in [3.8, 4) is 0 Å². The molecule has 1 fully saturated rings. The van der Waals surface area contributed by atoms with Gasteiger partial charge in [0.2, 0.25) is 0 Å². The van der Waals surface area contributed by atoms with Gasteiger partial charge in [0.05, 0.1) is 33.7 Å². The van der Waals surface area contributed by atoms with Crippen molar-refractivity contribution in [1.82, 2.24) is 9.88 Å². The van der Waals surface area contributed by atoms with Gasteiger partial charge in [-0.25, -0.2) is 9.78 Å². The van der Waals surface area contributed by atoms with Crippen molar-refractivity contribution in [3.05, 3.63) is 39.8 Å². The van der Waals surface area contributed by atoms with Crippen LogP contribution in [-0.2, 0) is 6.18 Å². The number of rotatable bonds is 3. The minimum atomic E-state index is -4.47. The largest absolute Gasteiger partial charge is 0.416 e. The first-order chi connectivity index (χ1) is 12.7. The zero-order chi connectivity index (χ0) is 19.8. The zero-order valence-electron chi connectivity index (χ0n) is 15.3. The van der Waals surface area contributed by atoms with Crippen molar-refractivity contribution in [1.29, 1.82) is 0 Å². The van der Waals surface area contributed by atoms with Gasteiger partial charge in [0.25, 0.3) is 0 Å². The monoisotopic (exact) mass is 398 g/mol. The van der Waals surface area contributed by atoms with E-state index in [1.54, 1.807) is 23.9 Å². The first-order valence-corrected chi connectivity index (χ1v) is 9.43. The fraction of sp³-hybridized carbons (Fsp3) is 0.444. The number of likely N-dealkylation sites (tertiary alicyclic amines) is 1. The van der Waals surface area contributed by atoms with Crippen LogP contribution in [-0.4, -0.2) is 36.6 Å². The zero-order valence-corrected chi connectivity index (χ0v) is 16.1. The first kappa shape index (κ1) is 19.5. The van der Waals surface area contributed by atoms with Gasteiger partial charge in [-0.05, 0) is 38.0 Å². The lowest BCUT2D eigenvalue weighted by Gasteiger charge is -2.26. The molecule has 0 radical (unpaired) electrons. The van der Waals surface area contributed by atoms with Crippen molar-refractivity contribution >= 4 is 28.7 Å². The molecule has 0 saturated carbocycles. The van der Waals surface area contributed by atoms with Gasteiger partial charge in [-0.15, -0.1) is 11.3 Å². The Balaban J connectivity index is 1.86. The summed E-state index contributed by atoms with van der Waals surface area (Å²) in [5.41, 5.74) is 0.690. The van der Waals surface area contributed by atoms with E-state index in [1.165, 1.54) is 17.4 Å². The SMILES string of the molecule is Cc1nc([C@@H]2CCCN2C(=O)Nc2cc(C(F)(F)F)ccc2N(C)C)cs1. The van der Waals surface area contributed by atoms with Gasteiger partial charge in [0, 0.05) is 26.0 Å². The fourth-order valence-corrected chi connectivity index (χ4v) is 3.90. The molecule has 1 aromatic heterocycles. The lowest BCUT2D eigenvalue weighted by atomic mass is 10.1. The molecule has 2 heterocycles. The summed E-state index contributed by atoms with van der Waals surface area (Å²) in [6, 6.07) is 2.80. The number of halogens is 3. The highest BCUT2D eigenvalue weighted by molar-refractivity contribution is 7.09. The summed E-state index contributed by atoms with van der Waals surface area (Å²) in [7, 11) is 3.43. The number of aromatic nitrogens is 1. The summed E-state index contributed by atoms with van der Waals surface area (Å²) in [5, 5.41) is 5.53. The van der Waals surface area contributed by atoms with Gasteiger partial charge in [0.1, 0.15) is 0 Å². The Morgan fingerprint density at radius 2 is 2.11 bits per heavy atom. The number of nitrogens with zero attached hydrogens (tertiary/aromatic N) is 3. The number of anilines is 2. The Kier molecular flexibility index (Phi) is 5.32. The second-order valence-corrected chi connectivity index (χ2v) is 7.76. The third-order valence-electron chi connectivity index (χ3n) is 4.54. The number of carbonyl (C=O) groups is 1. The number of benzene rings is 1. The first-order valence-electron chi connectivity index (χ1n) is 8.55. The highest BCUT2D eigenvalue weighted by Gasteiger charge is 2.34. The molecule has 146 valence electrons. The number of thiazole rings is 1. The summed E-state index contributed by atoms with van der Waals surface area (Å²) < 4.78 is 39.2. The number of urea groups is 1. The predicted molar refractivity (Wildman–Crippen MR) is 100 cm³/mol. The van der Waals surface area contributed by atoms with E-state index in [9.17, 15) is 18.0 Å². The molecule has 3 rings (SSSR count). The Bertz CT molecular complexity index is 834. The molecule has 27 heavy (non-hydrogen) atoms. The molecule has 1 aliphatic rings. The maximum Gasteiger partial charge on any atom is 0.416 e. The average molecular weight is 398 g/mol. The van der Waals surface area contributed by atoms with E-state index in [2.05, 4.69) is 10.3 Å². The van der Waals surface area contributed by atoms with E-state index in [0.29, 0.717) is 12.2 Å². The predicted octanol–water partition coefficient (Wildman–Crippen LogP) is 4.91. The van der Waals surface area contributed by atoms with Gasteiger partial charge in [-0.1, -0.05) is 0 Å². The second kappa shape index (κ2) is 7.38. The maximum atomic E-state index is 13.1. The average Bonchev–Trinajstić information content (AvgIpc) is 3.22. The second-order valence-electron chi connectivity index (χ2n) is 6.70. The van der Waals surface area contributed by atoms with Crippen LogP contribution in [0.25, 0.3) is 0 Å². The van der Waals surface area contributed by atoms with Crippen LogP contribution >= 0.6 is 11.3 Å². The lowest BCUT2D eigenvalue weighted by molar-refractivity contribution is -0.137. The minimum Gasteiger partial charge on any atom is -0.376 e. The van der Waals surface area contributed by atoms with Gasteiger partial charge >= 0.3 is 12.2 Å². The number of nitrogens with one attached hydrogen (secondary N) is 1. The number of alkyl halides is 3. The van der Waals surface area contributed by atoms with E-state index in [1.807, 2.05) is 12.3 Å². The van der Waals surface area contributed by atoms with Crippen LogP contribution in [0.5, 0.6) is 0 Å². The lowest BCUT2D eigenvalue weighted by Crippen LogP contribution is -2.35. The van der Waals surface area contributed by atoms with Gasteiger partial charge < -0.3 is 15.1 Å². The van der Waals surface area contributed by atoms with E-state index in [-0.39, 0.29) is 11.7 Å². The number of aryl methyl sites for hydroxylation is 1. The van der Waals surface area contributed by atoms with E-state index in [4.69, 9.17) is 0 Å². The molecule has 0 aliphatic carbocycles. The fourth-order valence-electron chi connectivity index (χ4n) is 3.24. The van der Waals surface area contributed by atoms with Crippen LogP contribution in [0, 0.1) is 6.92 Å². The Labute approximate surface area is 159 Å². The molecule has 1 aromatic carbocycles. The van der Waals surface area contributed by atoms with Crippen molar-refractivity contribution < 1.29 is 18.0 Å². The topological polar surface area (TPSA) is 48.5 Å². The number of hydrogen-bond acceptors (Lipinski definition) is 4. The van der Waals surface area contributed by atoms with Gasteiger partial charge in [-0.3, -0.25) is 0 Å². The van der Waals surface area contributed by atoms with E-state index < -0.39 is 17.8 Å². The molecular weight excluding hydrogens is 377 g/mol. The Morgan fingerprint density at radius 1 is 1.37 bits per heavy atom. The van der Waals surface area contributed by atoms with Crippen LogP contribution in [0.15, 0.2) is 23.6 Å². The minimum absolute atomic E-state index is 0.139. The molecule has 0 spiro atoms. The third-order valence-corrected chi connectivity index (χ3v) is 5.33. The van der Waals surface area contributed by atoms with E-state index in [0.717, 1.165) is 35.7 Å². The molecule has 2 amide bonds. The molecule has 2 aromatic rings. The molecule has 1 N–H and O–H groups in total. The third kappa shape index (κ3) is 4.18. The van der Waals surface area contributed by atoms with Crippen LogP contribution in [0.3, 0.4) is 0 Å². The van der Waals surface area contributed by atoms with Crippen molar-refractivity contribution in [2.75, 3.05) is 30.9 Å². The number of hydrogen-bond donors (Lipinski definition) is 1. The number of amides is 2. The smallest absolute Gasteiger partial charge is 0.376 e. The van der Waals surface area contributed by atoms with E-state index >= 15 is 0 Å². The van der Waals surface area contributed by atoms with Gasteiger partial charge in [-0.2, -0.15) is 13.2 Å². The summed E-state index contributed by atoms with van der Waals surface area (Å²) in [5.74, 6) is 0. The summed E-state index contributed by atoms with van der Waals surface area (Å²) in [6.45, 7) is 2.45. The van der Waals surface area contributed by atoms with Crippen molar-refractivity contribution in [2.45, 2.75) is 32.0 Å². The molecule has 5 nitrogen and oxygen atoms in total. The number of carbonyl (C=O) groups excluding carboxylic acids is 1. The Hall–Kier alpha value is -2.29. The van der Waals surface area contributed by atoms with Gasteiger partial charge in [0.15, 0.2) is 0 Å². The van der Waals surface area contributed by atoms with Crippen molar-refractivity contribution in [2.24, 2.45) is 0 Å². The molecule has 1 aliphatic heterocycles. The summed E-state index contributed by atoms with van der Waals surface area (Å²) in [6.07, 6.45) is -2.85. The molecular formula is C18H21F3N4OS. The standard InChI is InChI=1S/C18H21F3N4OS/c1-11-22-14(10-27-11)16-5-4-8-25(16)17(26)23-13-9-12(18(19,20)21)6-7-15(13)24(2)3/h6-7,9-10,16H,4-5,8H2,1-3H3,(H,23,26)/t16-/m0/s1.